The van der Waals surface area contributed by atoms with Gasteiger partial charge in [-0.05, 0) is 44.4 Å². The van der Waals surface area contributed by atoms with Crippen LogP contribution >= 0.6 is 0 Å². The molecule has 1 fully saturated rings. The number of aromatic nitrogens is 1. The number of hydrogen-bond acceptors (Lipinski definition) is 3. The van der Waals surface area contributed by atoms with E-state index in [-0.39, 0.29) is 37.0 Å². The minimum Gasteiger partial charge on any atom is -0.367 e. The molecule has 0 bridgehead atoms. The van der Waals surface area contributed by atoms with Crippen LogP contribution in [0.25, 0.3) is 0 Å². The zero-order valence-corrected chi connectivity index (χ0v) is 17.6. The van der Waals surface area contributed by atoms with Crippen LogP contribution in [0.1, 0.15) is 37.9 Å². The normalized spacial score (nSPS) is 13.5. The molecule has 0 unspecified atom stereocenters. The molecular weight excluding hydrogens is 366 g/mol. The van der Waals surface area contributed by atoms with E-state index < -0.39 is 0 Å². The number of amides is 2. The lowest BCUT2D eigenvalue weighted by atomic mass is 10.2. The molecule has 6 nitrogen and oxygen atoms in total. The van der Waals surface area contributed by atoms with Crippen LogP contribution in [0.4, 0.5) is 0 Å². The maximum absolute atomic E-state index is 13.1. The summed E-state index contributed by atoms with van der Waals surface area (Å²) >= 11 is 0. The van der Waals surface area contributed by atoms with Crippen molar-refractivity contribution in [3.05, 3.63) is 59.9 Å². The van der Waals surface area contributed by atoms with E-state index in [1.54, 1.807) is 4.90 Å². The van der Waals surface area contributed by atoms with Crippen molar-refractivity contribution < 1.29 is 14.3 Å². The quantitative estimate of drug-likeness (QED) is 0.619. The van der Waals surface area contributed by atoms with Gasteiger partial charge in [0.15, 0.2) is 0 Å². The largest absolute Gasteiger partial charge is 0.367 e. The van der Waals surface area contributed by atoms with Gasteiger partial charge in [-0.1, -0.05) is 30.3 Å². The van der Waals surface area contributed by atoms with Gasteiger partial charge in [0.25, 0.3) is 0 Å². The molecule has 0 atom stereocenters. The Bertz CT molecular complexity index is 812. The average molecular weight is 398 g/mol. The van der Waals surface area contributed by atoms with Crippen molar-refractivity contribution in [1.29, 1.82) is 0 Å². The van der Waals surface area contributed by atoms with Gasteiger partial charge in [0, 0.05) is 31.0 Å². The first kappa shape index (κ1) is 21.1. The van der Waals surface area contributed by atoms with Gasteiger partial charge < -0.3 is 19.1 Å². The molecule has 2 aromatic rings. The number of rotatable bonds is 10. The monoisotopic (exact) mass is 397 g/mol. The molecule has 1 aliphatic rings. The number of nitrogens with zero attached hydrogens (tertiary/aromatic N) is 3. The molecule has 1 aromatic heterocycles. The minimum atomic E-state index is -0.154. The van der Waals surface area contributed by atoms with Gasteiger partial charge in [0.1, 0.15) is 13.2 Å². The van der Waals surface area contributed by atoms with Crippen LogP contribution in [-0.4, -0.2) is 51.4 Å². The third-order valence-electron chi connectivity index (χ3n) is 5.28. The van der Waals surface area contributed by atoms with E-state index in [9.17, 15) is 9.59 Å². The lowest BCUT2D eigenvalue weighted by molar-refractivity contribution is -0.145. The van der Waals surface area contributed by atoms with Gasteiger partial charge in [0.05, 0.1) is 13.2 Å². The van der Waals surface area contributed by atoms with Gasteiger partial charge >= 0.3 is 0 Å². The minimum absolute atomic E-state index is 0.00110. The number of ether oxygens (including phenoxy) is 1. The zero-order chi connectivity index (χ0) is 20.8. The molecule has 0 N–H and O–H groups in total. The Balaban J connectivity index is 1.57. The third kappa shape index (κ3) is 5.94. The lowest BCUT2D eigenvalue weighted by Gasteiger charge is -2.30. The van der Waals surface area contributed by atoms with Gasteiger partial charge in [-0.25, -0.2) is 0 Å². The summed E-state index contributed by atoms with van der Waals surface area (Å²) in [6.45, 7) is 4.89. The topological polar surface area (TPSA) is 54.8 Å². The van der Waals surface area contributed by atoms with E-state index in [4.69, 9.17) is 4.74 Å². The molecule has 156 valence electrons. The molecular formula is C23H31N3O3. The Morgan fingerprint density at radius 2 is 1.83 bits per heavy atom. The van der Waals surface area contributed by atoms with Crippen molar-refractivity contribution >= 4 is 11.8 Å². The average Bonchev–Trinajstić information content (AvgIpc) is 3.46. The second-order valence-electron chi connectivity index (χ2n) is 7.96. The highest BCUT2D eigenvalue weighted by Gasteiger charge is 2.34. The maximum atomic E-state index is 13.1. The Kier molecular flexibility index (Phi) is 7.09. The number of hydrogen-bond donors (Lipinski definition) is 0. The number of aryl methyl sites for hydroxylation is 1. The van der Waals surface area contributed by atoms with Crippen molar-refractivity contribution in [1.82, 2.24) is 14.4 Å². The van der Waals surface area contributed by atoms with Crippen LogP contribution in [0.15, 0.2) is 48.7 Å². The van der Waals surface area contributed by atoms with Crippen molar-refractivity contribution in [2.24, 2.45) is 7.05 Å². The molecule has 0 spiro atoms. The summed E-state index contributed by atoms with van der Waals surface area (Å²) in [6, 6.07) is 14.0. The van der Waals surface area contributed by atoms with Crippen LogP contribution in [0.2, 0.25) is 0 Å². The summed E-state index contributed by atoms with van der Waals surface area (Å²) in [4.78, 5) is 29.3. The van der Waals surface area contributed by atoms with Crippen molar-refractivity contribution in [2.45, 2.75) is 51.9 Å². The fraction of sp³-hybridized carbons (Fsp3) is 0.478. The molecule has 29 heavy (non-hydrogen) atoms. The fourth-order valence-electron chi connectivity index (χ4n) is 3.35. The standard InChI is InChI=1S/C23H31N3O3/c1-18(2)25(23(28)17-29-16-19-8-5-4-6-9-19)15-22(27)26(20-11-12-20)14-21-10-7-13-24(21)3/h4-10,13,18,20H,11-12,14-17H2,1-3H3. The number of carbonyl (C=O) groups is 2. The van der Waals surface area contributed by atoms with E-state index in [1.165, 1.54) is 0 Å². The second-order valence-corrected chi connectivity index (χ2v) is 7.96. The first-order chi connectivity index (χ1) is 14.0. The zero-order valence-electron chi connectivity index (χ0n) is 17.6. The summed E-state index contributed by atoms with van der Waals surface area (Å²) in [5.74, 6) is -0.155. The van der Waals surface area contributed by atoms with E-state index in [0.29, 0.717) is 13.2 Å². The molecule has 6 heteroatoms. The Morgan fingerprint density at radius 3 is 2.41 bits per heavy atom. The molecule has 0 saturated heterocycles. The predicted octanol–water partition coefficient (Wildman–Crippen LogP) is 2.97. The smallest absolute Gasteiger partial charge is 0.249 e. The first-order valence-corrected chi connectivity index (χ1v) is 10.3. The third-order valence-corrected chi connectivity index (χ3v) is 5.28. The molecule has 1 aliphatic carbocycles. The molecule has 3 rings (SSSR count). The van der Waals surface area contributed by atoms with Crippen molar-refractivity contribution in [3.8, 4) is 0 Å². The van der Waals surface area contributed by atoms with E-state index in [1.807, 2.05) is 79.0 Å². The number of carbonyl (C=O) groups excluding carboxylic acids is 2. The highest BCUT2D eigenvalue weighted by Crippen LogP contribution is 2.28. The van der Waals surface area contributed by atoms with Crippen molar-refractivity contribution in [2.75, 3.05) is 13.2 Å². The summed E-state index contributed by atoms with van der Waals surface area (Å²) in [5.41, 5.74) is 2.12. The van der Waals surface area contributed by atoms with Crippen LogP contribution < -0.4 is 0 Å². The molecule has 1 saturated carbocycles. The Morgan fingerprint density at radius 1 is 1.10 bits per heavy atom. The maximum Gasteiger partial charge on any atom is 0.249 e. The lowest BCUT2D eigenvalue weighted by Crippen LogP contribution is -2.47. The Hall–Kier alpha value is -2.60. The highest BCUT2D eigenvalue weighted by molar-refractivity contribution is 5.86. The highest BCUT2D eigenvalue weighted by atomic mass is 16.5. The SMILES string of the molecule is CC(C)N(CC(=O)N(Cc1cccn1C)C1CC1)C(=O)COCc1ccccc1. The predicted molar refractivity (Wildman–Crippen MR) is 112 cm³/mol. The van der Waals surface area contributed by atoms with Gasteiger partial charge in [-0.3, -0.25) is 9.59 Å². The van der Waals surface area contributed by atoms with Crippen LogP contribution in [0.3, 0.4) is 0 Å². The molecule has 1 aromatic carbocycles. The Labute approximate surface area is 173 Å². The van der Waals surface area contributed by atoms with Gasteiger partial charge in [0.2, 0.25) is 11.8 Å². The molecule has 1 heterocycles. The molecule has 0 radical (unpaired) electrons. The second kappa shape index (κ2) is 9.74. The van der Waals surface area contributed by atoms with Gasteiger partial charge in [-0.15, -0.1) is 0 Å². The van der Waals surface area contributed by atoms with E-state index in [2.05, 4.69) is 0 Å². The summed E-state index contributed by atoms with van der Waals surface area (Å²) in [5, 5.41) is 0. The van der Waals surface area contributed by atoms with Crippen LogP contribution in [0.5, 0.6) is 0 Å². The molecule has 0 aliphatic heterocycles. The van der Waals surface area contributed by atoms with Crippen molar-refractivity contribution in [3.63, 3.8) is 0 Å². The van der Waals surface area contributed by atoms with Crippen LogP contribution in [0, 0.1) is 0 Å². The van der Waals surface area contributed by atoms with Gasteiger partial charge in [-0.2, -0.15) is 0 Å². The molecule has 2 amide bonds. The number of benzene rings is 1. The summed E-state index contributed by atoms with van der Waals surface area (Å²) in [7, 11) is 1.99. The fourth-order valence-corrected chi connectivity index (χ4v) is 3.35. The van der Waals surface area contributed by atoms with E-state index in [0.717, 1.165) is 24.1 Å². The van der Waals surface area contributed by atoms with Crippen LogP contribution in [-0.2, 0) is 34.5 Å². The summed E-state index contributed by atoms with van der Waals surface area (Å²) < 4.78 is 7.63. The summed E-state index contributed by atoms with van der Waals surface area (Å²) in [6.07, 6.45) is 4.05. The first-order valence-electron chi connectivity index (χ1n) is 10.3. The van der Waals surface area contributed by atoms with E-state index >= 15 is 0 Å².